The molecule has 5 nitrogen and oxygen atoms in total. The van der Waals surface area contributed by atoms with Crippen molar-refractivity contribution in [3.8, 4) is 11.5 Å². The number of carbonyl (C=O) groups excluding carboxylic acids is 1. The van der Waals surface area contributed by atoms with E-state index in [-0.39, 0.29) is 17.4 Å². The largest absolute Gasteiger partial charge is 0.586 e. The fraction of sp³-hybridized carbons (Fsp3) is 0.417. The number of halogens is 2. The van der Waals surface area contributed by atoms with Crippen LogP contribution in [0.4, 0.5) is 14.5 Å². The van der Waals surface area contributed by atoms with E-state index >= 15 is 0 Å². The number of nitrogens with two attached hydrogens (primary N) is 1. The van der Waals surface area contributed by atoms with Crippen LogP contribution in [0.1, 0.15) is 19.3 Å². The second-order valence-corrected chi connectivity index (χ2v) is 4.79. The predicted octanol–water partition coefficient (Wildman–Crippen LogP) is 1.83. The number of hydrogen-bond donors (Lipinski definition) is 2. The molecule has 1 heterocycles. The highest BCUT2D eigenvalue weighted by atomic mass is 19.3. The first-order valence-corrected chi connectivity index (χ1v) is 5.88. The van der Waals surface area contributed by atoms with Crippen LogP contribution in [0.5, 0.6) is 11.5 Å². The first kappa shape index (κ1) is 12.2. The van der Waals surface area contributed by atoms with Crippen molar-refractivity contribution in [1.82, 2.24) is 0 Å². The van der Waals surface area contributed by atoms with Crippen LogP contribution in [-0.2, 0) is 4.79 Å². The van der Waals surface area contributed by atoms with E-state index in [0.29, 0.717) is 18.5 Å². The first-order valence-electron chi connectivity index (χ1n) is 5.88. The molecule has 1 aliphatic heterocycles. The zero-order valence-electron chi connectivity index (χ0n) is 9.91. The van der Waals surface area contributed by atoms with E-state index in [9.17, 15) is 13.6 Å². The molecule has 0 aromatic heterocycles. The van der Waals surface area contributed by atoms with E-state index in [1.165, 1.54) is 18.2 Å². The van der Waals surface area contributed by atoms with Gasteiger partial charge in [-0.1, -0.05) is 0 Å². The lowest BCUT2D eigenvalue weighted by Crippen LogP contribution is -2.56. The van der Waals surface area contributed by atoms with Gasteiger partial charge in [0.05, 0.1) is 5.54 Å². The zero-order chi connectivity index (χ0) is 13.7. The van der Waals surface area contributed by atoms with Gasteiger partial charge in [0.2, 0.25) is 5.91 Å². The lowest BCUT2D eigenvalue weighted by atomic mass is 9.77. The minimum atomic E-state index is -3.66. The number of fused-ring (bicyclic) bond motifs is 1. The molecule has 2 aliphatic rings. The number of hydrogen-bond acceptors (Lipinski definition) is 4. The highest BCUT2D eigenvalue weighted by Gasteiger charge is 2.44. The van der Waals surface area contributed by atoms with Crippen LogP contribution in [0.25, 0.3) is 0 Å². The van der Waals surface area contributed by atoms with Crippen molar-refractivity contribution < 1.29 is 23.0 Å². The maximum absolute atomic E-state index is 12.8. The Kier molecular flexibility index (Phi) is 2.43. The minimum absolute atomic E-state index is 0.0610. The smallest absolute Gasteiger partial charge is 0.395 e. The molecule has 0 bridgehead atoms. The minimum Gasteiger partial charge on any atom is -0.395 e. The predicted molar refractivity (Wildman–Crippen MR) is 62.0 cm³/mol. The summed E-state index contributed by atoms with van der Waals surface area (Å²) in [6.45, 7) is 0. The van der Waals surface area contributed by atoms with E-state index in [1.54, 1.807) is 0 Å². The third-order valence-electron chi connectivity index (χ3n) is 3.36. The fourth-order valence-corrected chi connectivity index (χ4v) is 2.07. The number of nitrogens with one attached hydrogen (secondary N) is 1. The van der Waals surface area contributed by atoms with Crippen LogP contribution >= 0.6 is 0 Å². The Hall–Kier alpha value is -1.89. The van der Waals surface area contributed by atoms with Crippen molar-refractivity contribution in [2.45, 2.75) is 31.1 Å². The van der Waals surface area contributed by atoms with Crippen LogP contribution in [-0.4, -0.2) is 17.7 Å². The summed E-state index contributed by atoms with van der Waals surface area (Å²) >= 11 is 0. The van der Waals surface area contributed by atoms with E-state index < -0.39 is 11.8 Å². The molecule has 0 saturated heterocycles. The van der Waals surface area contributed by atoms with Gasteiger partial charge < -0.3 is 20.5 Å². The average molecular weight is 270 g/mol. The topological polar surface area (TPSA) is 73.6 Å². The lowest BCUT2D eigenvalue weighted by molar-refractivity contribution is -0.286. The molecule has 0 spiro atoms. The Morgan fingerprint density at radius 1 is 1.26 bits per heavy atom. The summed E-state index contributed by atoms with van der Waals surface area (Å²) in [5, 5.41) is 2.60. The summed E-state index contributed by atoms with van der Waals surface area (Å²) in [6.07, 6.45) is -1.49. The maximum atomic E-state index is 12.8. The van der Waals surface area contributed by atoms with Gasteiger partial charge in [0.25, 0.3) is 0 Å². The van der Waals surface area contributed by atoms with Crippen molar-refractivity contribution in [1.29, 1.82) is 0 Å². The second kappa shape index (κ2) is 3.80. The van der Waals surface area contributed by atoms with E-state index in [0.717, 1.165) is 6.42 Å². The molecule has 3 N–H and O–H groups in total. The molecule has 102 valence electrons. The average Bonchev–Trinajstić information content (AvgIpc) is 2.59. The number of anilines is 1. The quantitative estimate of drug-likeness (QED) is 0.859. The highest BCUT2D eigenvalue weighted by Crippen LogP contribution is 2.42. The molecule has 7 heteroatoms. The van der Waals surface area contributed by atoms with Gasteiger partial charge in [-0.05, 0) is 31.4 Å². The van der Waals surface area contributed by atoms with Gasteiger partial charge in [-0.15, -0.1) is 8.78 Å². The molecule has 0 unspecified atom stereocenters. The Balaban J connectivity index is 1.76. The Morgan fingerprint density at radius 3 is 2.58 bits per heavy atom. The lowest BCUT2D eigenvalue weighted by Gasteiger charge is -2.36. The summed E-state index contributed by atoms with van der Waals surface area (Å²) < 4.78 is 34.2. The molecule has 19 heavy (non-hydrogen) atoms. The summed E-state index contributed by atoms with van der Waals surface area (Å²) in [5.74, 6) is -0.485. The van der Waals surface area contributed by atoms with Crippen LogP contribution in [0.2, 0.25) is 0 Å². The van der Waals surface area contributed by atoms with Crippen LogP contribution in [0.3, 0.4) is 0 Å². The van der Waals surface area contributed by atoms with Crippen molar-refractivity contribution in [3.63, 3.8) is 0 Å². The number of rotatable bonds is 2. The third kappa shape index (κ3) is 2.10. The van der Waals surface area contributed by atoms with Gasteiger partial charge in [-0.3, -0.25) is 4.79 Å². The van der Waals surface area contributed by atoms with Gasteiger partial charge in [0.15, 0.2) is 11.5 Å². The summed E-state index contributed by atoms with van der Waals surface area (Å²) in [7, 11) is 0. The molecule has 3 rings (SSSR count). The zero-order valence-corrected chi connectivity index (χ0v) is 9.91. The molecule has 1 amide bonds. The van der Waals surface area contributed by atoms with Gasteiger partial charge in [0.1, 0.15) is 0 Å². The molecular formula is C12H12F2N2O3. The van der Waals surface area contributed by atoms with E-state index in [4.69, 9.17) is 5.73 Å². The first-order chi connectivity index (χ1) is 8.88. The van der Waals surface area contributed by atoms with Crippen LogP contribution < -0.4 is 20.5 Å². The van der Waals surface area contributed by atoms with E-state index in [1.807, 2.05) is 0 Å². The maximum Gasteiger partial charge on any atom is 0.586 e. The number of ether oxygens (including phenoxy) is 2. The van der Waals surface area contributed by atoms with Crippen molar-refractivity contribution >= 4 is 11.6 Å². The number of alkyl halides is 2. The summed E-state index contributed by atoms with van der Waals surface area (Å²) in [6, 6.07) is 4.06. The molecule has 1 aromatic rings. The van der Waals surface area contributed by atoms with Crippen LogP contribution in [0, 0.1) is 0 Å². The Morgan fingerprint density at radius 2 is 1.95 bits per heavy atom. The van der Waals surface area contributed by atoms with Crippen molar-refractivity contribution in [2.75, 3.05) is 5.32 Å². The molecule has 1 saturated carbocycles. The Bertz CT molecular complexity index is 544. The van der Waals surface area contributed by atoms with Crippen molar-refractivity contribution in [3.05, 3.63) is 18.2 Å². The van der Waals surface area contributed by atoms with Gasteiger partial charge >= 0.3 is 6.29 Å². The molecule has 0 radical (unpaired) electrons. The normalized spacial score (nSPS) is 21.6. The van der Waals surface area contributed by atoms with Crippen LogP contribution in [0.15, 0.2) is 18.2 Å². The summed E-state index contributed by atoms with van der Waals surface area (Å²) in [4.78, 5) is 11.9. The number of amides is 1. The molecule has 0 atom stereocenters. The van der Waals surface area contributed by atoms with Gasteiger partial charge in [0, 0.05) is 11.8 Å². The van der Waals surface area contributed by atoms with E-state index in [2.05, 4.69) is 14.8 Å². The van der Waals surface area contributed by atoms with Gasteiger partial charge in [-0.25, -0.2) is 0 Å². The molecular weight excluding hydrogens is 258 g/mol. The van der Waals surface area contributed by atoms with Crippen molar-refractivity contribution in [2.24, 2.45) is 5.73 Å². The number of benzene rings is 1. The fourth-order valence-electron chi connectivity index (χ4n) is 2.07. The number of carbonyl (C=O) groups is 1. The monoisotopic (exact) mass is 270 g/mol. The highest BCUT2D eigenvalue weighted by molar-refractivity contribution is 5.98. The Labute approximate surface area is 107 Å². The second-order valence-electron chi connectivity index (χ2n) is 4.79. The molecule has 1 fully saturated rings. The molecule has 1 aromatic carbocycles. The third-order valence-corrected chi connectivity index (χ3v) is 3.36. The standard InChI is InChI=1S/C12H12F2N2O3/c13-12(14)18-8-3-2-7(6-9(8)19-12)16-10(17)11(15)4-1-5-11/h2-3,6H,1,4-5,15H2,(H,16,17). The van der Waals surface area contributed by atoms with Gasteiger partial charge in [-0.2, -0.15) is 0 Å². The molecule has 1 aliphatic carbocycles. The summed E-state index contributed by atoms with van der Waals surface area (Å²) in [5.41, 5.74) is 5.36. The SMILES string of the molecule is NC1(C(=O)Nc2ccc3c(c2)OC(F)(F)O3)CCC1.